The molecular weight excluding hydrogens is 176 g/mol. The van der Waals surface area contributed by atoms with Gasteiger partial charge in [-0.1, -0.05) is 6.08 Å². The minimum Gasteiger partial charge on any atom is -0.392 e. The van der Waals surface area contributed by atoms with Crippen molar-refractivity contribution in [2.45, 2.75) is 25.1 Å². The molecule has 80 valence electrons. The standard InChI is InChI=1S/C11H20N2O/c1-3-8-6-10(8)11(12-2)13-5-4-9(14)7-13/h3,8-12,14H,1,4-7H2,2H3. The lowest BCUT2D eigenvalue weighted by molar-refractivity contribution is 0.138. The van der Waals surface area contributed by atoms with Crippen molar-refractivity contribution in [1.82, 2.24) is 10.2 Å². The quantitative estimate of drug-likeness (QED) is 0.640. The van der Waals surface area contributed by atoms with Crippen LogP contribution in [0.2, 0.25) is 0 Å². The third-order valence-electron chi connectivity index (χ3n) is 3.48. The summed E-state index contributed by atoms with van der Waals surface area (Å²) in [5.74, 6) is 1.40. The Morgan fingerprint density at radius 1 is 1.64 bits per heavy atom. The Morgan fingerprint density at radius 2 is 2.43 bits per heavy atom. The third-order valence-corrected chi connectivity index (χ3v) is 3.48. The predicted octanol–water partition coefficient (Wildman–Crippen LogP) is 0.421. The molecule has 0 bridgehead atoms. The highest BCUT2D eigenvalue weighted by Gasteiger charge is 2.44. The summed E-state index contributed by atoms with van der Waals surface area (Å²) in [4.78, 5) is 2.36. The highest BCUT2D eigenvalue weighted by Crippen LogP contribution is 2.43. The molecule has 3 nitrogen and oxygen atoms in total. The van der Waals surface area contributed by atoms with Crippen LogP contribution in [0.15, 0.2) is 12.7 Å². The van der Waals surface area contributed by atoms with Crippen LogP contribution in [0, 0.1) is 11.8 Å². The smallest absolute Gasteiger partial charge is 0.0679 e. The number of likely N-dealkylation sites (tertiary alicyclic amines) is 1. The van der Waals surface area contributed by atoms with Crippen LogP contribution < -0.4 is 5.32 Å². The van der Waals surface area contributed by atoms with Crippen molar-refractivity contribution in [2.75, 3.05) is 20.1 Å². The summed E-state index contributed by atoms with van der Waals surface area (Å²) in [6, 6.07) is 0. The molecule has 1 aliphatic carbocycles. The molecule has 0 aromatic heterocycles. The van der Waals surface area contributed by atoms with E-state index in [4.69, 9.17) is 0 Å². The highest BCUT2D eigenvalue weighted by atomic mass is 16.3. The molecule has 2 aliphatic rings. The van der Waals surface area contributed by atoms with Gasteiger partial charge in [0.15, 0.2) is 0 Å². The largest absolute Gasteiger partial charge is 0.392 e. The molecule has 1 saturated heterocycles. The average molecular weight is 196 g/mol. The first-order valence-corrected chi connectivity index (χ1v) is 5.48. The number of aliphatic hydroxyl groups is 1. The summed E-state index contributed by atoms with van der Waals surface area (Å²) in [6.07, 6.45) is 4.55. The Bertz CT molecular complexity index is 219. The van der Waals surface area contributed by atoms with E-state index < -0.39 is 0 Å². The van der Waals surface area contributed by atoms with E-state index in [-0.39, 0.29) is 6.10 Å². The van der Waals surface area contributed by atoms with Gasteiger partial charge in [-0.3, -0.25) is 4.90 Å². The molecule has 0 spiro atoms. The second-order valence-corrected chi connectivity index (χ2v) is 4.47. The molecule has 0 aromatic carbocycles. The Morgan fingerprint density at radius 3 is 2.86 bits per heavy atom. The summed E-state index contributed by atoms with van der Waals surface area (Å²) in [5.41, 5.74) is 0. The van der Waals surface area contributed by atoms with Crippen LogP contribution >= 0.6 is 0 Å². The summed E-state index contributed by atoms with van der Waals surface area (Å²) < 4.78 is 0. The Kier molecular flexibility index (Phi) is 2.91. The molecule has 14 heavy (non-hydrogen) atoms. The van der Waals surface area contributed by atoms with Gasteiger partial charge in [-0.05, 0) is 31.7 Å². The number of rotatable bonds is 4. The summed E-state index contributed by atoms with van der Waals surface area (Å²) in [5, 5.41) is 12.8. The Balaban J connectivity index is 1.90. The molecule has 0 aromatic rings. The summed E-state index contributed by atoms with van der Waals surface area (Å²) in [7, 11) is 2.01. The van der Waals surface area contributed by atoms with E-state index in [1.807, 2.05) is 7.05 Å². The maximum atomic E-state index is 9.48. The number of nitrogens with zero attached hydrogens (tertiary/aromatic N) is 1. The number of nitrogens with one attached hydrogen (secondary N) is 1. The van der Waals surface area contributed by atoms with Crippen molar-refractivity contribution >= 4 is 0 Å². The first-order valence-electron chi connectivity index (χ1n) is 5.48. The zero-order chi connectivity index (χ0) is 10.1. The lowest BCUT2D eigenvalue weighted by atomic mass is 10.2. The number of hydrogen-bond acceptors (Lipinski definition) is 3. The molecule has 4 atom stereocenters. The Labute approximate surface area is 85.8 Å². The maximum Gasteiger partial charge on any atom is 0.0679 e. The number of aliphatic hydroxyl groups excluding tert-OH is 1. The number of hydrogen-bond donors (Lipinski definition) is 2. The molecule has 1 heterocycles. The Hall–Kier alpha value is -0.380. The van der Waals surface area contributed by atoms with Gasteiger partial charge in [0.2, 0.25) is 0 Å². The lowest BCUT2D eigenvalue weighted by Gasteiger charge is -2.27. The van der Waals surface area contributed by atoms with Crippen molar-refractivity contribution in [3.8, 4) is 0 Å². The molecule has 2 N–H and O–H groups in total. The minimum atomic E-state index is -0.119. The molecule has 4 unspecified atom stereocenters. The van der Waals surface area contributed by atoms with Gasteiger partial charge in [0, 0.05) is 13.1 Å². The topological polar surface area (TPSA) is 35.5 Å². The van der Waals surface area contributed by atoms with Crippen LogP contribution in [-0.2, 0) is 0 Å². The van der Waals surface area contributed by atoms with Gasteiger partial charge in [0.05, 0.1) is 12.3 Å². The van der Waals surface area contributed by atoms with Crippen LogP contribution in [0.5, 0.6) is 0 Å². The fourth-order valence-electron chi connectivity index (χ4n) is 2.56. The second-order valence-electron chi connectivity index (χ2n) is 4.47. The average Bonchev–Trinajstić information content (AvgIpc) is 2.83. The first-order chi connectivity index (χ1) is 6.76. The fourth-order valence-corrected chi connectivity index (χ4v) is 2.56. The summed E-state index contributed by atoms with van der Waals surface area (Å²) >= 11 is 0. The molecule has 1 aliphatic heterocycles. The van der Waals surface area contributed by atoms with Gasteiger partial charge in [-0.25, -0.2) is 0 Å². The van der Waals surface area contributed by atoms with Crippen LogP contribution in [0.25, 0.3) is 0 Å². The predicted molar refractivity (Wildman–Crippen MR) is 56.8 cm³/mol. The van der Waals surface area contributed by atoms with Gasteiger partial charge in [-0.2, -0.15) is 0 Å². The third kappa shape index (κ3) is 1.85. The minimum absolute atomic E-state index is 0.119. The zero-order valence-corrected chi connectivity index (χ0v) is 8.82. The van der Waals surface area contributed by atoms with Crippen molar-refractivity contribution in [2.24, 2.45) is 11.8 Å². The fraction of sp³-hybridized carbons (Fsp3) is 0.818. The van der Waals surface area contributed by atoms with Crippen molar-refractivity contribution in [3.05, 3.63) is 12.7 Å². The van der Waals surface area contributed by atoms with E-state index in [9.17, 15) is 5.11 Å². The van der Waals surface area contributed by atoms with E-state index >= 15 is 0 Å². The van der Waals surface area contributed by atoms with E-state index in [0.29, 0.717) is 18.0 Å². The van der Waals surface area contributed by atoms with Crippen LogP contribution in [0.4, 0.5) is 0 Å². The highest BCUT2D eigenvalue weighted by molar-refractivity contribution is 5.03. The van der Waals surface area contributed by atoms with Crippen LogP contribution in [-0.4, -0.2) is 42.4 Å². The molecule has 0 amide bonds. The SMILES string of the molecule is C=CC1CC1C(NC)N1CCC(O)C1. The van der Waals surface area contributed by atoms with Crippen LogP contribution in [0.3, 0.4) is 0 Å². The van der Waals surface area contributed by atoms with Gasteiger partial charge >= 0.3 is 0 Å². The van der Waals surface area contributed by atoms with Crippen molar-refractivity contribution < 1.29 is 5.11 Å². The first kappa shape index (κ1) is 10.1. The number of allylic oxidation sites excluding steroid dienone is 1. The van der Waals surface area contributed by atoms with Crippen LogP contribution in [0.1, 0.15) is 12.8 Å². The molecule has 2 fully saturated rings. The van der Waals surface area contributed by atoms with Gasteiger partial charge in [0.25, 0.3) is 0 Å². The van der Waals surface area contributed by atoms with Crippen molar-refractivity contribution in [1.29, 1.82) is 0 Å². The lowest BCUT2D eigenvalue weighted by Crippen LogP contribution is -2.45. The maximum absolute atomic E-state index is 9.48. The number of β-amino-alcohol motifs (C(OH)–C–C–N with tert-alkyl or cyclic N) is 1. The molecular formula is C11H20N2O. The second kappa shape index (κ2) is 4.01. The monoisotopic (exact) mass is 196 g/mol. The van der Waals surface area contributed by atoms with Gasteiger partial charge in [-0.15, -0.1) is 6.58 Å². The summed E-state index contributed by atoms with van der Waals surface area (Å²) in [6.45, 7) is 5.68. The van der Waals surface area contributed by atoms with E-state index in [1.165, 1.54) is 6.42 Å². The van der Waals surface area contributed by atoms with E-state index in [1.54, 1.807) is 0 Å². The molecule has 0 radical (unpaired) electrons. The zero-order valence-electron chi connectivity index (χ0n) is 8.82. The van der Waals surface area contributed by atoms with Gasteiger partial charge < -0.3 is 10.4 Å². The normalized spacial score (nSPS) is 39.7. The van der Waals surface area contributed by atoms with E-state index in [2.05, 4.69) is 22.9 Å². The molecule has 1 saturated carbocycles. The molecule has 2 rings (SSSR count). The van der Waals surface area contributed by atoms with Crippen molar-refractivity contribution in [3.63, 3.8) is 0 Å². The molecule has 3 heteroatoms. The van der Waals surface area contributed by atoms with E-state index in [0.717, 1.165) is 19.5 Å². The van der Waals surface area contributed by atoms with Gasteiger partial charge in [0.1, 0.15) is 0 Å².